The third kappa shape index (κ3) is 1.62. The van der Waals surface area contributed by atoms with E-state index in [1.165, 1.54) is 12.8 Å². The molecule has 86 valence electrons. The molecule has 2 heterocycles. The Balaban J connectivity index is 1.71. The molecule has 3 rings (SSSR count). The van der Waals surface area contributed by atoms with E-state index in [1.807, 2.05) is 17.3 Å². The van der Waals surface area contributed by atoms with Crippen molar-refractivity contribution < 1.29 is 4.79 Å². The van der Waals surface area contributed by atoms with Crippen LogP contribution in [0.25, 0.3) is 0 Å². The third-order valence-corrected chi connectivity index (χ3v) is 3.76. The van der Waals surface area contributed by atoms with Crippen molar-refractivity contribution in [3.05, 3.63) is 18.2 Å². The molecule has 0 N–H and O–H groups in total. The Labute approximate surface area is 95.3 Å². The minimum absolute atomic E-state index is 0.293. The van der Waals surface area contributed by atoms with Crippen LogP contribution in [0.2, 0.25) is 0 Å². The number of nitrogens with zero attached hydrogens (tertiary/aromatic N) is 3. The summed E-state index contributed by atoms with van der Waals surface area (Å²) in [5.41, 5.74) is 0. The molecule has 16 heavy (non-hydrogen) atoms. The van der Waals surface area contributed by atoms with Gasteiger partial charge in [-0.1, -0.05) is 12.8 Å². The summed E-state index contributed by atoms with van der Waals surface area (Å²) in [5, 5.41) is 0. The van der Waals surface area contributed by atoms with E-state index in [0.29, 0.717) is 18.4 Å². The Bertz CT molecular complexity index is 393. The minimum atomic E-state index is 0.293. The molecule has 1 aliphatic carbocycles. The second kappa shape index (κ2) is 3.92. The number of fused-ring (bicyclic) bond motifs is 1. The van der Waals surface area contributed by atoms with E-state index in [4.69, 9.17) is 0 Å². The Hall–Kier alpha value is -1.32. The topological polar surface area (TPSA) is 38.1 Å². The first-order chi connectivity index (χ1) is 7.84. The zero-order valence-corrected chi connectivity index (χ0v) is 9.43. The van der Waals surface area contributed by atoms with Gasteiger partial charge in [-0.25, -0.2) is 4.98 Å². The fourth-order valence-electron chi connectivity index (χ4n) is 2.79. The Morgan fingerprint density at radius 1 is 1.31 bits per heavy atom. The summed E-state index contributed by atoms with van der Waals surface area (Å²) in [6.07, 6.45) is 8.43. The van der Waals surface area contributed by atoms with Gasteiger partial charge in [0, 0.05) is 31.4 Å². The van der Waals surface area contributed by atoms with Crippen molar-refractivity contribution in [2.24, 2.45) is 5.92 Å². The van der Waals surface area contributed by atoms with E-state index in [1.54, 1.807) is 0 Å². The SMILES string of the molecule is O=C(C1CCCC1)N1CCn2ccnc2C1. The zero-order chi connectivity index (χ0) is 11.0. The van der Waals surface area contributed by atoms with Crippen molar-refractivity contribution in [1.82, 2.24) is 14.5 Å². The summed E-state index contributed by atoms with van der Waals surface area (Å²) in [7, 11) is 0. The Morgan fingerprint density at radius 3 is 2.94 bits per heavy atom. The summed E-state index contributed by atoms with van der Waals surface area (Å²) in [6, 6.07) is 0. The highest BCUT2D eigenvalue weighted by atomic mass is 16.2. The van der Waals surface area contributed by atoms with E-state index in [-0.39, 0.29) is 0 Å². The number of rotatable bonds is 1. The van der Waals surface area contributed by atoms with E-state index in [9.17, 15) is 4.79 Å². The summed E-state index contributed by atoms with van der Waals surface area (Å²) in [6.45, 7) is 2.44. The van der Waals surface area contributed by atoms with Gasteiger partial charge in [-0.3, -0.25) is 4.79 Å². The predicted molar refractivity (Wildman–Crippen MR) is 59.6 cm³/mol. The monoisotopic (exact) mass is 219 g/mol. The van der Waals surface area contributed by atoms with Crippen molar-refractivity contribution >= 4 is 5.91 Å². The molecule has 4 heteroatoms. The largest absolute Gasteiger partial charge is 0.333 e. The quantitative estimate of drug-likeness (QED) is 0.716. The van der Waals surface area contributed by atoms with Gasteiger partial charge in [0.1, 0.15) is 5.82 Å². The molecule has 0 spiro atoms. The molecule has 2 aliphatic rings. The number of hydrogen-bond donors (Lipinski definition) is 0. The molecular weight excluding hydrogens is 202 g/mol. The van der Waals surface area contributed by atoms with Gasteiger partial charge < -0.3 is 9.47 Å². The van der Waals surface area contributed by atoms with Gasteiger partial charge in [-0.15, -0.1) is 0 Å². The lowest BCUT2D eigenvalue weighted by Crippen LogP contribution is -2.41. The fourth-order valence-corrected chi connectivity index (χ4v) is 2.79. The van der Waals surface area contributed by atoms with E-state index in [0.717, 1.165) is 31.8 Å². The first kappa shape index (κ1) is 9.87. The van der Waals surface area contributed by atoms with Crippen molar-refractivity contribution in [2.75, 3.05) is 6.54 Å². The van der Waals surface area contributed by atoms with Crippen LogP contribution in [-0.2, 0) is 17.9 Å². The summed E-state index contributed by atoms with van der Waals surface area (Å²) in [5.74, 6) is 1.67. The molecule has 4 nitrogen and oxygen atoms in total. The Morgan fingerprint density at radius 2 is 2.12 bits per heavy atom. The molecule has 0 aromatic carbocycles. The average Bonchev–Trinajstić information content (AvgIpc) is 2.98. The molecule has 0 bridgehead atoms. The maximum absolute atomic E-state index is 12.2. The lowest BCUT2D eigenvalue weighted by Gasteiger charge is -2.29. The third-order valence-electron chi connectivity index (χ3n) is 3.76. The number of amides is 1. The van der Waals surface area contributed by atoms with Gasteiger partial charge in [0.05, 0.1) is 6.54 Å². The Kier molecular flexibility index (Phi) is 2.42. The average molecular weight is 219 g/mol. The number of carbonyl (C=O) groups is 1. The maximum Gasteiger partial charge on any atom is 0.226 e. The van der Waals surface area contributed by atoms with Crippen molar-refractivity contribution in [1.29, 1.82) is 0 Å². The lowest BCUT2D eigenvalue weighted by atomic mass is 10.1. The normalized spacial score (nSPS) is 21.1. The van der Waals surface area contributed by atoms with Gasteiger partial charge in [-0.05, 0) is 12.8 Å². The van der Waals surface area contributed by atoms with Crippen LogP contribution in [-0.4, -0.2) is 26.9 Å². The van der Waals surface area contributed by atoms with E-state index >= 15 is 0 Å². The molecular formula is C12H17N3O. The summed E-state index contributed by atoms with van der Waals surface area (Å²) in [4.78, 5) is 18.5. The summed E-state index contributed by atoms with van der Waals surface area (Å²) >= 11 is 0. The highest BCUT2D eigenvalue weighted by Gasteiger charge is 2.29. The minimum Gasteiger partial charge on any atom is -0.333 e. The smallest absolute Gasteiger partial charge is 0.226 e. The van der Waals surface area contributed by atoms with Gasteiger partial charge in [0.2, 0.25) is 5.91 Å². The van der Waals surface area contributed by atoms with Gasteiger partial charge in [-0.2, -0.15) is 0 Å². The molecule has 0 atom stereocenters. The summed E-state index contributed by atoms with van der Waals surface area (Å²) < 4.78 is 2.14. The van der Waals surface area contributed by atoms with Crippen molar-refractivity contribution in [3.8, 4) is 0 Å². The lowest BCUT2D eigenvalue weighted by molar-refractivity contribution is -0.136. The second-order valence-corrected chi connectivity index (χ2v) is 4.78. The van der Waals surface area contributed by atoms with Crippen LogP contribution in [0.4, 0.5) is 0 Å². The van der Waals surface area contributed by atoms with Crippen LogP contribution >= 0.6 is 0 Å². The number of carbonyl (C=O) groups excluding carboxylic acids is 1. The van der Waals surface area contributed by atoms with Crippen LogP contribution in [0.3, 0.4) is 0 Å². The van der Waals surface area contributed by atoms with Gasteiger partial charge in [0.15, 0.2) is 0 Å². The van der Waals surface area contributed by atoms with Crippen LogP contribution in [0.5, 0.6) is 0 Å². The fraction of sp³-hybridized carbons (Fsp3) is 0.667. The zero-order valence-electron chi connectivity index (χ0n) is 9.43. The molecule has 1 amide bonds. The molecule has 1 saturated carbocycles. The highest BCUT2D eigenvalue weighted by molar-refractivity contribution is 5.79. The maximum atomic E-state index is 12.2. The highest BCUT2D eigenvalue weighted by Crippen LogP contribution is 2.27. The molecule has 1 aromatic rings. The van der Waals surface area contributed by atoms with Crippen molar-refractivity contribution in [2.45, 2.75) is 38.8 Å². The number of hydrogen-bond acceptors (Lipinski definition) is 2. The van der Waals surface area contributed by atoms with Crippen LogP contribution in [0, 0.1) is 5.92 Å². The first-order valence-corrected chi connectivity index (χ1v) is 6.13. The van der Waals surface area contributed by atoms with Crippen LogP contribution in [0.15, 0.2) is 12.4 Å². The molecule has 0 unspecified atom stereocenters. The van der Waals surface area contributed by atoms with Gasteiger partial charge >= 0.3 is 0 Å². The van der Waals surface area contributed by atoms with E-state index in [2.05, 4.69) is 9.55 Å². The molecule has 1 fully saturated rings. The molecule has 0 radical (unpaired) electrons. The first-order valence-electron chi connectivity index (χ1n) is 6.13. The number of imidazole rings is 1. The standard InChI is InChI=1S/C12H17N3O/c16-12(10-3-1-2-4-10)15-8-7-14-6-5-13-11(14)9-15/h5-6,10H,1-4,7-9H2. The number of aromatic nitrogens is 2. The van der Waals surface area contributed by atoms with Crippen molar-refractivity contribution in [3.63, 3.8) is 0 Å². The molecule has 1 aromatic heterocycles. The van der Waals surface area contributed by atoms with Gasteiger partial charge in [0.25, 0.3) is 0 Å². The van der Waals surface area contributed by atoms with E-state index < -0.39 is 0 Å². The second-order valence-electron chi connectivity index (χ2n) is 4.78. The predicted octanol–water partition coefficient (Wildman–Crippen LogP) is 1.42. The molecule has 1 aliphatic heterocycles. The molecule has 0 saturated heterocycles. The van der Waals surface area contributed by atoms with Crippen LogP contribution < -0.4 is 0 Å². The van der Waals surface area contributed by atoms with Crippen LogP contribution in [0.1, 0.15) is 31.5 Å².